The molecule has 0 saturated heterocycles. The van der Waals surface area contributed by atoms with Gasteiger partial charge in [0.2, 0.25) is 5.91 Å². The van der Waals surface area contributed by atoms with Gasteiger partial charge < -0.3 is 0 Å². The summed E-state index contributed by atoms with van der Waals surface area (Å²) in [7, 11) is 0. The maximum Gasteiger partial charge on any atom is 0.236 e. The highest BCUT2D eigenvalue weighted by atomic mass is 16.2. The lowest BCUT2D eigenvalue weighted by atomic mass is 10.0. The van der Waals surface area contributed by atoms with Crippen LogP contribution in [-0.2, 0) is 17.6 Å². The Morgan fingerprint density at radius 2 is 2.00 bits per heavy atom. The van der Waals surface area contributed by atoms with Crippen LogP contribution in [0.25, 0.3) is 10.8 Å². The van der Waals surface area contributed by atoms with Gasteiger partial charge in [-0.15, -0.1) is 0 Å². The van der Waals surface area contributed by atoms with E-state index in [0.29, 0.717) is 0 Å². The van der Waals surface area contributed by atoms with Crippen molar-refractivity contribution in [2.75, 3.05) is 0 Å². The van der Waals surface area contributed by atoms with Crippen molar-refractivity contribution in [3.63, 3.8) is 0 Å². The largest absolute Gasteiger partial charge is 0.274 e. The summed E-state index contributed by atoms with van der Waals surface area (Å²) in [6.07, 6.45) is 3.96. The van der Waals surface area contributed by atoms with E-state index in [-0.39, 0.29) is 5.91 Å². The molecule has 2 aromatic rings. The van der Waals surface area contributed by atoms with Crippen molar-refractivity contribution in [2.24, 2.45) is 5.10 Å². The molecule has 0 radical (unpaired) electrons. The van der Waals surface area contributed by atoms with Gasteiger partial charge >= 0.3 is 0 Å². The van der Waals surface area contributed by atoms with Crippen molar-refractivity contribution < 1.29 is 4.79 Å². The highest BCUT2D eigenvalue weighted by molar-refractivity contribution is 6.03. The van der Waals surface area contributed by atoms with E-state index in [1.54, 1.807) is 6.21 Å². The lowest BCUT2D eigenvalue weighted by molar-refractivity contribution is -0.118. The average Bonchev–Trinajstić information content (AvgIpc) is 2.77. The lowest BCUT2D eigenvalue weighted by Crippen LogP contribution is -2.12. The van der Waals surface area contributed by atoms with Crippen LogP contribution in [0.4, 0.5) is 0 Å². The molecule has 0 heterocycles. The first-order chi connectivity index (χ1) is 8.75. The summed E-state index contributed by atoms with van der Waals surface area (Å²) in [6.45, 7) is 1.45. The Kier molecular flexibility index (Phi) is 2.59. The minimum Gasteiger partial charge on any atom is -0.274 e. The third-order valence-electron chi connectivity index (χ3n) is 3.34. The third-order valence-corrected chi connectivity index (χ3v) is 3.34. The summed E-state index contributed by atoms with van der Waals surface area (Å²) < 4.78 is 0. The molecule has 0 spiro atoms. The summed E-state index contributed by atoms with van der Waals surface area (Å²) >= 11 is 0. The van der Waals surface area contributed by atoms with Gasteiger partial charge in [0.1, 0.15) is 0 Å². The Labute approximate surface area is 106 Å². The van der Waals surface area contributed by atoms with Crippen LogP contribution in [0.1, 0.15) is 23.6 Å². The van der Waals surface area contributed by atoms with Gasteiger partial charge in [-0.1, -0.05) is 30.3 Å². The summed E-state index contributed by atoms with van der Waals surface area (Å²) in [5, 5.41) is 6.53. The molecule has 3 rings (SSSR count). The number of amides is 1. The molecule has 1 N–H and O–H groups in total. The topological polar surface area (TPSA) is 41.5 Å². The summed E-state index contributed by atoms with van der Waals surface area (Å²) in [5.41, 5.74) is 6.31. The van der Waals surface area contributed by atoms with E-state index >= 15 is 0 Å². The monoisotopic (exact) mass is 238 g/mol. The molecular weight excluding hydrogens is 224 g/mol. The van der Waals surface area contributed by atoms with Crippen LogP contribution in [0, 0.1) is 0 Å². The van der Waals surface area contributed by atoms with Crippen LogP contribution in [0.5, 0.6) is 0 Å². The smallest absolute Gasteiger partial charge is 0.236 e. The van der Waals surface area contributed by atoms with Gasteiger partial charge in [-0.05, 0) is 34.7 Å². The molecular formula is C15H14N2O. The Bertz CT molecular complexity index is 649. The van der Waals surface area contributed by atoms with Gasteiger partial charge in [-0.3, -0.25) is 4.79 Å². The fraction of sp³-hybridized carbons (Fsp3) is 0.200. The van der Waals surface area contributed by atoms with Gasteiger partial charge in [0.15, 0.2) is 0 Å². The number of benzene rings is 2. The number of hydrogen-bond acceptors (Lipinski definition) is 2. The van der Waals surface area contributed by atoms with Crippen molar-refractivity contribution in [1.29, 1.82) is 0 Å². The SMILES string of the molecule is CC(=O)N/N=C\c1ccc2c3c(cccc13)CC2. The minimum absolute atomic E-state index is 0.155. The summed E-state index contributed by atoms with van der Waals surface area (Å²) in [6, 6.07) is 10.6. The lowest BCUT2D eigenvalue weighted by Gasteiger charge is -2.05. The van der Waals surface area contributed by atoms with Crippen molar-refractivity contribution in [2.45, 2.75) is 19.8 Å². The van der Waals surface area contributed by atoms with Crippen molar-refractivity contribution in [3.8, 4) is 0 Å². The third kappa shape index (κ3) is 1.78. The molecule has 1 aliphatic rings. The Hall–Kier alpha value is -2.16. The second kappa shape index (κ2) is 4.26. The zero-order chi connectivity index (χ0) is 12.5. The molecule has 1 amide bonds. The van der Waals surface area contributed by atoms with Crippen LogP contribution in [0.2, 0.25) is 0 Å². The number of carbonyl (C=O) groups is 1. The van der Waals surface area contributed by atoms with Gasteiger partial charge in [-0.25, -0.2) is 5.43 Å². The predicted molar refractivity (Wildman–Crippen MR) is 72.8 cm³/mol. The second-order valence-electron chi connectivity index (χ2n) is 4.58. The van der Waals surface area contributed by atoms with E-state index in [4.69, 9.17) is 0 Å². The molecule has 0 aromatic heterocycles. The highest BCUT2D eigenvalue weighted by Gasteiger charge is 2.14. The second-order valence-corrected chi connectivity index (χ2v) is 4.58. The molecule has 0 unspecified atom stereocenters. The molecule has 2 aromatic carbocycles. The molecule has 1 aliphatic carbocycles. The molecule has 90 valence electrons. The van der Waals surface area contributed by atoms with Crippen molar-refractivity contribution in [1.82, 2.24) is 5.43 Å². The van der Waals surface area contributed by atoms with E-state index in [2.05, 4.69) is 40.9 Å². The summed E-state index contributed by atoms with van der Waals surface area (Å²) in [4.78, 5) is 10.8. The van der Waals surface area contributed by atoms with Crippen LogP contribution >= 0.6 is 0 Å². The van der Waals surface area contributed by atoms with E-state index in [1.807, 2.05) is 0 Å². The Morgan fingerprint density at radius 1 is 1.22 bits per heavy atom. The van der Waals surface area contributed by atoms with Crippen molar-refractivity contribution in [3.05, 3.63) is 47.0 Å². The molecule has 18 heavy (non-hydrogen) atoms. The molecule has 3 nitrogen and oxygen atoms in total. The average molecular weight is 238 g/mol. The van der Waals surface area contributed by atoms with E-state index in [0.717, 1.165) is 18.4 Å². The fourth-order valence-corrected chi connectivity index (χ4v) is 2.57. The standard InChI is InChI=1S/C15H14N2O/c1-10(18)17-16-9-13-8-7-12-6-5-11-3-2-4-14(13)15(11)12/h2-4,7-9H,5-6H2,1H3,(H,17,18)/b16-9-. The van der Waals surface area contributed by atoms with E-state index in [9.17, 15) is 4.79 Å². The predicted octanol–water partition coefficient (Wildman–Crippen LogP) is 2.41. The van der Waals surface area contributed by atoms with Crippen LogP contribution in [0.3, 0.4) is 0 Å². The maximum atomic E-state index is 10.8. The van der Waals surface area contributed by atoms with Crippen LogP contribution < -0.4 is 5.43 Å². The molecule has 0 fully saturated rings. The molecule has 3 heteroatoms. The molecule has 0 aliphatic heterocycles. The molecule has 0 bridgehead atoms. The number of nitrogens with one attached hydrogen (secondary N) is 1. The number of carbonyl (C=O) groups excluding carboxylic acids is 1. The number of nitrogens with zero attached hydrogens (tertiary/aromatic N) is 1. The van der Waals surface area contributed by atoms with Gasteiger partial charge in [0.05, 0.1) is 6.21 Å². The van der Waals surface area contributed by atoms with Gasteiger partial charge in [-0.2, -0.15) is 5.10 Å². The van der Waals surface area contributed by atoms with E-state index in [1.165, 1.54) is 28.8 Å². The van der Waals surface area contributed by atoms with Gasteiger partial charge in [0.25, 0.3) is 0 Å². The number of rotatable bonds is 2. The van der Waals surface area contributed by atoms with Crippen LogP contribution in [-0.4, -0.2) is 12.1 Å². The minimum atomic E-state index is -0.155. The van der Waals surface area contributed by atoms with Crippen molar-refractivity contribution >= 4 is 22.9 Å². The first-order valence-corrected chi connectivity index (χ1v) is 6.09. The maximum absolute atomic E-state index is 10.8. The first-order valence-electron chi connectivity index (χ1n) is 6.09. The number of aryl methyl sites for hydroxylation is 2. The molecule has 0 atom stereocenters. The normalized spacial score (nSPS) is 13.4. The zero-order valence-corrected chi connectivity index (χ0v) is 10.2. The Morgan fingerprint density at radius 3 is 2.78 bits per heavy atom. The molecule has 0 saturated carbocycles. The Balaban J connectivity index is 2.09. The fourth-order valence-electron chi connectivity index (χ4n) is 2.57. The van der Waals surface area contributed by atoms with E-state index < -0.39 is 0 Å². The summed E-state index contributed by atoms with van der Waals surface area (Å²) in [5.74, 6) is -0.155. The number of hydrogen-bond donors (Lipinski definition) is 1. The number of hydrazone groups is 1. The zero-order valence-electron chi connectivity index (χ0n) is 10.2. The van der Waals surface area contributed by atoms with Gasteiger partial charge in [0, 0.05) is 12.5 Å². The van der Waals surface area contributed by atoms with Crippen LogP contribution in [0.15, 0.2) is 35.4 Å². The quantitative estimate of drug-likeness (QED) is 0.633. The highest BCUT2D eigenvalue weighted by Crippen LogP contribution is 2.32. The first kappa shape index (κ1) is 11.0.